The molecule has 160 valence electrons. The van der Waals surface area contributed by atoms with E-state index in [1.165, 1.54) is 6.92 Å². The molecule has 2 aromatic heterocycles. The Bertz CT molecular complexity index is 1400. The number of Topliss-reactive ketones (excluding diaryl/α,β-unsaturated/α-hetero) is 1. The number of aromatic nitrogens is 2. The van der Waals surface area contributed by atoms with Gasteiger partial charge in [0.25, 0.3) is 5.91 Å². The van der Waals surface area contributed by atoms with Crippen molar-refractivity contribution in [1.82, 2.24) is 14.9 Å². The Hall–Kier alpha value is -4.06. The summed E-state index contributed by atoms with van der Waals surface area (Å²) in [6, 6.07) is 18.4. The Balaban J connectivity index is 1.90. The third-order valence-corrected chi connectivity index (χ3v) is 5.15. The number of hydrogen-bond acceptors (Lipinski definition) is 4. The first-order valence-corrected chi connectivity index (χ1v) is 10.4. The Morgan fingerprint density at radius 3 is 2.41 bits per heavy atom. The average Bonchev–Trinajstić information content (AvgIpc) is 2.79. The van der Waals surface area contributed by atoms with Crippen molar-refractivity contribution in [3.63, 3.8) is 0 Å². The number of amides is 1. The van der Waals surface area contributed by atoms with Crippen LogP contribution in [0.4, 0.5) is 0 Å². The monoisotopic (exact) mass is 425 g/mol. The fraction of sp³-hybridized carbons (Fsp3) is 0.154. The van der Waals surface area contributed by atoms with Gasteiger partial charge in [-0.15, -0.1) is 0 Å². The molecule has 2 aromatic carbocycles. The van der Waals surface area contributed by atoms with Gasteiger partial charge in [-0.1, -0.05) is 30.3 Å². The van der Waals surface area contributed by atoms with Crippen LogP contribution in [0, 0.1) is 0 Å². The molecule has 0 aliphatic rings. The SMILES string of the molecule is CC(=O)c1cccc(-c2cccc(-n3cc(C(=O)NC(C)C)c(=O)c4cccnc43)c2)c1. The first-order valence-electron chi connectivity index (χ1n) is 10.4. The van der Waals surface area contributed by atoms with Gasteiger partial charge in [-0.3, -0.25) is 14.4 Å². The molecular formula is C26H23N3O3. The Kier molecular flexibility index (Phi) is 5.69. The van der Waals surface area contributed by atoms with Gasteiger partial charge in [-0.2, -0.15) is 0 Å². The van der Waals surface area contributed by atoms with Crippen LogP contribution in [0.3, 0.4) is 0 Å². The highest BCUT2D eigenvalue weighted by Gasteiger charge is 2.17. The van der Waals surface area contributed by atoms with Crippen molar-refractivity contribution < 1.29 is 9.59 Å². The summed E-state index contributed by atoms with van der Waals surface area (Å²) in [6.07, 6.45) is 3.16. The van der Waals surface area contributed by atoms with Gasteiger partial charge in [0.1, 0.15) is 11.2 Å². The van der Waals surface area contributed by atoms with E-state index in [0.29, 0.717) is 16.6 Å². The third-order valence-electron chi connectivity index (χ3n) is 5.15. The lowest BCUT2D eigenvalue weighted by molar-refractivity contribution is 0.0940. The highest BCUT2D eigenvalue weighted by molar-refractivity contribution is 5.97. The van der Waals surface area contributed by atoms with Gasteiger partial charge in [0.2, 0.25) is 5.43 Å². The summed E-state index contributed by atoms with van der Waals surface area (Å²) in [5, 5.41) is 3.16. The standard InChI is InChI=1S/C26H23N3O3/c1-16(2)28-26(32)23-15-29(25-22(24(23)31)11-6-12-27-25)21-10-5-9-20(14-21)19-8-4-7-18(13-19)17(3)30/h4-16H,1-3H3,(H,28,32). The minimum absolute atomic E-state index is 0.000542. The van der Waals surface area contributed by atoms with E-state index >= 15 is 0 Å². The van der Waals surface area contributed by atoms with Crippen LogP contribution in [-0.4, -0.2) is 27.3 Å². The quantitative estimate of drug-likeness (QED) is 0.481. The number of nitrogens with zero attached hydrogens (tertiary/aromatic N) is 2. The summed E-state index contributed by atoms with van der Waals surface area (Å²) in [7, 11) is 0. The maximum Gasteiger partial charge on any atom is 0.256 e. The number of pyridine rings is 2. The van der Waals surface area contributed by atoms with E-state index in [1.807, 2.05) is 56.3 Å². The van der Waals surface area contributed by atoms with Gasteiger partial charge < -0.3 is 9.88 Å². The van der Waals surface area contributed by atoms with E-state index in [9.17, 15) is 14.4 Å². The molecule has 2 heterocycles. The number of carbonyl (C=O) groups excluding carboxylic acids is 2. The van der Waals surface area contributed by atoms with Gasteiger partial charge in [0.15, 0.2) is 5.78 Å². The summed E-state index contributed by atoms with van der Waals surface area (Å²) in [5.74, 6) is -0.422. The Morgan fingerprint density at radius 2 is 1.69 bits per heavy atom. The van der Waals surface area contributed by atoms with Gasteiger partial charge in [0.05, 0.1) is 5.39 Å². The highest BCUT2D eigenvalue weighted by Crippen LogP contribution is 2.25. The molecule has 32 heavy (non-hydrogen) atoms. The minimum Gasteiger partial charge on any atom is -0.350 e. The van der Waals surface area contributed by atoms with Crippen LogP contribution < -0.4 is 10.7 Å². The molecule has 0 radical (unpaired) electrons. The summed E-state index contributed by atoms with van der Waals surface area (Å²) in [4.78, 5) is 41.9. The highest BCUT2D eigenvalue weighted by atomic mass is 16.2. The van der Waals surface area contributed by atoms with E-state index in [0.717, 1.165) is 16.8 Å². The fourth-order valence-electron chi connectivity index (χ4n) is 3.61. The lowest BCUT2D eigenvalue weighted by Gasteiger charge is -2.15. The maximum absolute atomic E-state index is 13.0. The molecule has 6 nitrogen and oxygen atoms in total. The molecule has 0 fully saturated rings. The van der Waals surface area contributed by atoms with Crippen molar-refractivity contribution in [3.8, 4) is 16.8 Å². The average molecular weight is 425 g/mol. The van der Waals surface area contributed by atoms with Crippen molar-refractivity contribution in [2.75, 3.05) is 0 Å². The maximum atomic E-state index is 13.0. The van der Waals surface area contributed by atoms with Crippen molar-refractivity contribution in [2.24, 2.45) is 0 Å². The number of nitrogens with one attached hydrogen (secondary N) is 1. The van der Waals surface area contributed by atoms with Crippen LogP contribution in [-0.2, 0) is 0 Å². The molecular weight excluding hydrogens is 402 g/mol. The van der Waals surface area contributed by atoms with Gasteiger partial charge in [-0.05, 0) is 62.2 Å². The van der Waals surface area contributed by atoms with E-state index in [4.69, 9.17) is 0 Å². The predicted molar refractivity (Wildman–Crippen MR) is 125 cm³/mol. The Labute approximate surface area is 185 Å². The van der Waals surface area contributed by atoms with Crippen LogP contribution in [0.1, 0.15) is 41.5 Å². The second kappa shape index (κ2) is 8.59. The summed E-state index contributed by atoms with van der Waals surface area (Å²) in [5.41, 5.74) is 3.36. The van der Waals surface area contributed by atoms with Crippen LogP contribution in [0.5, 0.6) is 0 Å². The Morgan fingerprint density at radius 1 is 0.969 bits per heavy atom. The van der Waals surface area contributed by atoms with Gasteiger partial charge in [0, 0.05) is 29.7 Å². The van der Waals surface area contributed by atoms with E-state index in [1.54, 1.807) is 35.2 Å². The van der Waals surface area contributed by atoms with Crippen molar-refractivity contribution in [2.45, 2.75) is 26.8 Å². The predicted octanol–water partition coefficient (Wildman–Crippen LogP) is 4.39. The van der Waals surface area contributed by atoms with Crippen LogP contribution >= 0.6 is 0 Å². The number of fused-ring (bicyclic) bond motifs is 1. The third kappa shape index (κ3) is 4.07. The van der Waals surface area contributed by atoms with Gasteiger partial charge in [-0.25, -0.2) is 4.98 Å². The van der Waals surface area contributed by atoms with Crippen LogP contribution in [0.2, 0.25) is 0 Å². The second-order valence-electron chi connectivity index (χ2n) is 7.93. The number of rotatable bonds is 5. The zero-order valence-corrected chi connectivity index (χ0v) is 18.1. The lowest BCUT2D eigenvalue weighted by Crippen LogP contribution is -2.34. The zero-order valence-electron chi connectivity index (χ0n) is 18.1. The first-order chi connectivity index (χ1) is 15.3. The van der Waals surface area contributed by atoms with E-state index < -0.39 is 5.91 Å². The smallest absolute Gasteiger partial charge is 0.256 e. The molecule has 0 aliphatic heterocycles. The number of hydrogen-bond donors (Lipinski definition) is 1. The number of carbonyl (C=O) groups is 2. The molecule has 0 saturated heterocycles. The minimum atomic E-state index is -0.421. The summed E-state index contributed by atoms with van der Waals surface area (Å²) >= 11 is 0. The normalized spacial score (nSPS) is 11.0. The zero-order chi connectivity index (χ0) is 22.8. The fourth-order valence-corrected chi connectivity index (χ4v) is 3.61. The molecule has 1 N–H and O–H groups in total. The van der Waals surface area contributed by atoms with Crippen molar-refractivity contribution >= 4 is 22.7 Å². The molecule has 0 saturated carbocycles. The summed E-state index contributed by atoms with van der Waals surface area (Å²) in [6.45, 7) is 5.23. The number of ketones is 1. The summed E-state index contributed by atoms with van der Waals surface area (Å²) < 4.78 is 1.75. The largest absolute Gasteiger partial charge is 0.350 e. The van der Waals surface area contributed by atoms with E-state index in [2.05, 4.69) is 10.3 Å². The van der Waals surface area contributed by atoms with Gasteiger partial charge >= 0.3 is 0 Å². The molecule has 4 aromatic rings. The molecule has 0 unspecified atom stereocenters. The second-order valence-corrected chi connectivity index (χ2v) is 7.93. The van der Waals surface area contributed by atoms with Crippen molar-refractivity contribution in [3.05, 3.63) is 94.4 Å². The molecule has 4 rings (SSSR count). The molecule has 0 atom stereocenters. The molecule has 6 heteroatoms. The molecule has 0 spiro atoms. The van der Waals surface area contributed by atoms with Crippen LogP contribution in [0.15, 0.2) is 77.9 Å². The van der Waals surface area contributed by atoms with E-state index in [-0.39, 0.29) is 22.8 Å². The molecule has 0 aliphatic carbocycles. The van der Waals surface area contributed by atoms with Crippen molar-refractivity contribution in [1.29, 1.82) is 0 Å². The first kappa shape index (κ1) is 21.2. The number of benzene rings is 2. The lowest BCUT2D eigenvalue weighted by atomic mass is 10.0. The topological polar surface area (TPSA) is 81.1 Å². The van der Waals surface area contributed by atoms with Crippen LogP contribution in [0.25, 0.3) is 27.8 Å². The molecule has 0 bridgehead atoms. The molecule has 1 amide bonds.